The SMILES string of the molecule is CN(Cc1cccc2ccccc12)C(=O)c1ccc2[nH]c3c(c2c1)CCc1cn[nH]c1-3. The van der Waals surface area contributed by atoms with Gasteiger partial charge < -0.3 is 9.88 Å². The van der Waals surface area contributed by atoms with Gasteiger partial charge in [-0.15, -0.1) is 0 Å². The summed E-state index contributed by atoms with van der Waals surface area (Å²) in [6, 6.07) is 20.5. The average molecular weight is 406 g/mol. The molecule has 0 unspecified atom stereocenters. The third-order valence-electron chi connectivity index (χ3n) is 6.40. The first-order chi connectivity index (χ1) is 15.2. The maximum absolute atomic E-state index is 13.3. The Kier molecular flexibility index (Phi) is 3.96. The molecule has 0 atom stereocenters. The predicted octanol–water partition coefficient (Wildman–Crippen LogP) is 5.08. The highest BCUT2D eigenvalue weighted by molar-refractivity contribution is 6.00. The standard InChI is InChI=1S/C26H22N4O/c1-30(15-19-7-4-6-16-5-2-3-8-20(16)19)26(31)17-10-12-23-22(13-17)21-11-9-18-14-27-29-24(18)25(21)28-23/h2-8,10,12-14,28H,9,11,15H2,1H3,(H,27,29). The first-order valence-corrected chi connectivity index (χ1v) is 10.6. The number of hydrogen-bond donors (Lipinski definition) is 2. The Morgan fingerprint density at radius 2 is 1.87 bits per heavy atom. The van der Waals surface area contributed by atoms with Crippen LogP contribution in [0.2, 0.25) is 0 Å². The van der Waals surface area contributed by atoms with Gasteiger partial charge in [-0.1, -0.05) is 42.5 Å². The summed E-state index contributed by atoms with van der Waals surface area (Å²) in [5.41, 5.74) is 7.60. The largest absolute Gasteiger partial charge is 0.353 e. The van der Waals surface area contributed by atoms with Crippen LogP contribution < -0.4 is 0 Å². The molecule has 1 amide bonds. The summed E-state index contributed by atoms with van der Waals surface area (Å²) in [6.07, 6.45) is 3.82. The van der Waals surface area contributed by atoms with E-state index in [2.05, 4.69) is 45.5 Å². The molecule has 5 aromatic rings. The van der Waals surface area contributed by atoms with Crippen LogP contribution in [-0.2, 0) is 19.4 Å². The zero-order valence-electron chi connectivity index (χ0n) is 17.3. The normalized spacial score (nSPS) is 12.7. The van der Waals surface area contributed by atoms with Crippen LogP contribution in [0.5, 0.6) is 0 Å². The van der Waals surface area contributed by atoms with Crippen LogP contribution in [0.4, 0.5) is 0 Å². The molecule has 152 valence electrons. The first kappa shape index (κ1) is 18.0. The molecule has 0 fully saturated rings. The Morgan fingerprint density at radius 1 is 1.00 bits per heavy atom. The van der Waals surface area contributed by atoms with Crippen LogP contribution in [0.1, 0.15) is 27.0 Å². The molecule has 1 aliphatic rings. The van der Waals surface area contributed by atoms with Gasteiger partial charge >= 0.3 is 0 Å². The molecule has 2 aromatic heterocycles. The van der Waals surface area contributed by atoms with Crippen LogP contribution >= 0.6 is 0 Å². The van der Waals surface area contributed by atoms with E-state index in [4.69, 9.17) is 0 Å². The lowest BCUT2D eigenvalue weighted by molar-refractivity contribution is 0.0786. The molecule has 31 heavy (non-hydrogen) atoms. The molecule has 3 aromatic carbocycles. The fourth-order valence-electron chi connectivity index (χ4n) is 4.81. The van der Waals surface area contributed by atoms with E-state index in [0.29, 0.717) is 12.1 Å². The molecule has 5 heteroatoms. The van der Waals surface area contributed by atoms with Gasteiger partial charge in [0.05, 0.1) is 17.6 Å². The van der Waals surface area contributed by atoms with E-state index < -0.39 is 0 Å². The number of benzene rings is 3. The third-order valence-corrected chi connectivity index (χ3v) is 6.40. The fraction of sp³-hybridized carbons (Fsp3) is 0.154. The van der Waals surface area contributed by atoms with Crippen molar-refractivity contribution in [3.05, 3.63) is 89.1 Å². The number of aromatic amines is 2. The number of aromatic nitrogens is 3. The lowest BCUT2D eigenvalue weighted by atomic mass is 9.93. The summed E-state index contributed by atoms with van der Waals surface area (Å²) in [7, 11) is 1.87. The molecule has 1 aliphatic carbocycles. The van der Waals surface area contributed by atoms with Crippen LogP contribution in [0.15, 0.2) is 66.9 Å². The van der Waals surface area contributed by atoms with Crippen molar-refractivity contribution in [3.63, 3.8) is 0 Å². The second kappa shape index (κ2) is 6.84. The maximum Gasteiger partial charge on any atom is 0.253 e. The Hall–Kier alpha value is -3.86. The highest BCUT2D eigenvalue weighted by atomic mass is 16.2. The van der Waals surface area contributed by atoms with Crippen molar-refractivity contribution in [1.29, 1.82) is 0 Å². The Bertz CT molecular complexity index is 1450. The number of H-pyrrole nitrogens is 2. The Labute approximate surface area is 179 Å². The van der Waals surface area contributed by atoms with Gasteiger partial charge in [-0.05, 0) is 58.5 Å². The summed E-state index contributed by atoms with van der Waals surface area (Å²) in [5, 5.41) is 10.8. The average Bonchev–Trinajstić information content (AvgIpc) is 3.42. The van der Waals surface area contributed by atoms with Gasteiger partial charge in [0, 0.05) is 30.1 Å². The maximum atomic E-state index is 13.3. The number of hydrogen-bond acceptors (Lipinski definition) is 2. The Morgan fingerprint density at radius 3 is 2.81 bits per heavy atom. The van der Waals surface area contributed by atoms with Crippen molar-refractivity contribution in [2.24, 2.45) is 0 Å². The van der Waals surface area contributed by atoms with Crippen LogP contribution in [0.3, 0.4) is 0 Å². The van der Waals surface area contributed by atoms with Gasteiger partial charge in [-0.3, -0.25) is 9.89 Å². The van der Waals surface area contributed by atoms with Gasteiger partial charge in [0.25, 0.3) is 5.91 Å². The van der Waals surface area contributed by atoms with E-state index in [-0.39, 0.29) is 5.91 Å². The number of nitrogens with one attached hydrogen (secondary N) is 2. The summed E-state index contributed by atoms with van der Waals surface area (Å²) in [4.78, 5) is 18.6. The summed E-state index contributed by atoms with van der Waals surface area (Å²) in [5.74, 6) is 0.0304. The van der Waals surface area contributed by atoms with E-state index in [0.717, 1.165) is 40.7 Å². The first-order valence-electron chi connectivity index (χ1n) is 10.6. The molecular formula is C26H22N4O. The number of fused-ring (bicyclic) bond motifs is 6. The topological polar surface area (TPSA) is 64.8 Å². The molecule has 0 saturated carbocycles. The minimum Gasteiger partial charge on any atom is -0.353 e. The minimum absolute atomic E-state index is 0.0304. The predicted molar refractivity (Wildman–Crippen MR) is 123 cm³/mol. The molecule has 0 saturated heterocycles. The zero-order chi connectivity index (χ0) is 20.9. The Balaban J connectivity index is 1.34. The number of carbonyl (C=O) groups is 1. The highest BCUT2D eigenvalue weighted by Gasteiger charge is 2.23. The molecule has 0 spiro atoms. The van der Waals surface area contributed by atoms with Crippen LogP contribution in [0.25, 0.3) is 33.1 Å². The highest BCUT2D eigenvalue weighted by Crippen LogP contribution is 2.36. The quantitative estimate of drug-likeness (QED) is 0.439. The monoisotopic (exact) mass is 406 g/mol. The lowest BCUT2D eigenvalue weighted by Crippen LogP contribution is -2.26. The van der Waals surface area contributed by atoms with Crippen LogP contribution in [-0.4, -0.2) is 33.0 Å². The second-order valence-corrected chi connectivity index (χ2v) is 8.31. The van der Waals surface area contributed by atoms with E-state index in [9.17, 15) is 4.79 Å². The summed E-state index contributed by atoms with van der Waals surface area (Å²) < 4.78 is 0. The van der Waals surface area contributed by atoms with Crippen molar-refractivity contribution in [2.45, 2.75) is 19.4 Å². The molecule has 2 N–H and O–H groups in total. The zero-order valence-corrected chi connectivity index (χ0v) is 17.3. The van der Waals surface area contributed by atoms with Gasteiger partial charge in [-0.2, -0.15) is 5.10 Å². The van der Waals surface area contributed by atoms with E-state index >= 15 is 0 Å². The number of aryl methyl sites for hydroxylation is 2. The van der Waals surface area contributed by atoms with Gasteiger partial charge in [-0.25, -0.2) is 0 Å². The number of nitrogens with zero attached hydrogens (tertiary/aromatic N) is 2. The molecule has 5 nitrogen and oxygen atoms in total. The van der Waals surface area contributed by atoms with Gasteiger partial charge in [0.15, 0.2) is 0 Å². The smallest absolute Gasteiger partial charge is 0.253 e. The number of carbonyl (C=O) groups excluding carboxylic acids is 1. The van der Waals surface area contributed by atoms with Crippen LogP contribution in [0, 0.1) is 0 Å². The van der Waals surface area contributed by atoms with Crippen molar-refractivity contribution in [2.75, 3.05) is 7.05 Å². The van der Waals surface area contributed by atoms with E-state index in [1.807, 2.05) is 43.6 Å². The fourth-order valence-corrected chi connectivity index (χ4v) is 4.81. The van der Waals surface area contributed by atoms with E-state index in [1.165, 1.54) is 21.9 Å². The minimum atomic E-state index is 0.0304. The molecule has 0 aliphatic heterocycles. The number of amides is 1. The lowest BCUT2D eigenvalue weighted by Gasteiger charge is -2.19. The molecular weight excluding hydrogens is 384 g/mol. The summed E-state index contributed by atoms with van der Waals surface area (Å²) >= 11 is 0. The number of rotatable bonds is 3. The summed E-state index contributed by atoms with van der Waals surface area (Å²) in [6.45, 7) is 0.570. The molecule has 0 radical (unpaired) electrons. The van der Waals surface area contributed by atoms with Crippen molar-refractivity contribution in [1.82, 2.24) is 20.1 Å². The molecule has 2 heterocycles. The van der Waals surface area contributed by atoms with Crippen molar-refractivity contribution >= 4 is 27.6 Å². The second-order valence-electron chi connectivity index (χ2n) is 8.31. The van der Waals surface area contributed by atoms with Crippen molar-refractivity contribution in [3.8, 4) is 11.4 Å². The van der Waals surface area contributed by atoms with E-state index in [1.54, 1.807) is 4.90 Å². The van der Waals surface area contributed by atoms with Gasteiger partial charge in [0.1, 0.15) is 0 Å². The third kappa shape index (κ3) is 2.85. The molecule has 0 bridgehead atoms. The van der Waals surface area contributed by atoms with Crippen molar-refractivity contribution < 1.29 is 4.79 Å². The van der Waals surface area contributed by atoms with Gasteiger partial charge in [0.2, 0.25) is 0 Å². The molecule has 6 rings (SSSR count).